The number of aromatic nitrogens is 3. The highest BCUT2D eigenvalue weighted by molar-refractivity contribution is 5.93. The molecule has 7 nitrogen and oxygen atoms in total. The number of aliphatic carboxylic acids is 1. The van der Waals surface area contributed by atoms with E-state index >= 15 is 0 Å². The number of nitrogens with zero attached hydrogens (tertiary/aromatic N) is 4. The first-order chi connectivity index (χ1) is 10.2. The summed E-state index contributed by atoms with van der Waals surface area (Å²) in [5.74, 6) is -1.07. The van der Waals surface area contributed by atoms with E-state index in [1.165, 1.54) is 4.90 Å². The van der Waals surface area contributed by atoms with Crippen LogP contribution in [0.25, 0.3) is 0 Å². The van der Waals surface area contributed by atoms with Crippen molar-refractivity contribution in [2.24, 2.45) is 0 Å². The number of carbonyl (C=O) groups excluding carboxylic acids is 1. The molecule has 0 fully saturated rings. The molecule has 0 saturated carbocycles. The topological polar surface area (TPSA) is 88.3 Å². The molecule has 1 aromatic heterocycles. The lowest BCUT2D eigenvalue weighted by atomic mass is 10.2. The number of amides is 1. The molecule has 0 aliphatic heterocycles. The van der Waals surface area contributed by atoms with Gasteiger partial charge in [-0.1, -0.05) is 23.4 Å². The number of para-hydroxylation sites is 1. The Kier molecular flexibility index (Phi) is 5.03. The van der Waals surface area contributed by atoms with Gasteiger partial charge in [-0.3, -0.25) is 14.3 Å². The molecule has 21 heavy (non-hydrogen) atoms. The van der Waals surface area contributed by atoms with E-state index in [4.69, 9.17) is 5.11 Å². The van der Waals surface area contributed by atoms with Crippen molar-refractivity contribution in [1.29, 1.82) is 0 Å². The summed E-state index contributed by atoms with van der Waals surface area (Å²) in [5, 5.41) is 16.3. The molecule has 0 atom stereocenters. The summed E-state index contributed by atoms with van der Waals surface area (Å²) in [5.41, 5.74) is 0.697. The third kappa shape index (κ3) is 4.41. The first-order valence-electron chi connectivity index (χ1n) is 6.58. The van der Waals surface area contributed by atoms with Gasteiger partial charge >= 0.3 is 5.97 Å². The molecular formula is C14H16N4O3. The fourth-order valence-electron chi connectivity index (χ4n) is 1.91. The summed E-state index contributed by atoms with van der Waals surface area (Å²) >= 11 is 0. The smallest absolute Gasteiger partial charge is 0.305 e. The van der Waals surface area contributed by atoms with Crippen LogP contribution in [0, 0.1) is 0 Å². The number of aryl methyl sites for hydroxylation is 1. The summed E-state index contributed by atoms with van der Waals surface area (Å²) in [4.78, 5) is 24.6. The Morgan fingerprint density at radius 1 is 1.19 bits per heavy atom. The van der Waals surface area contributed by atoms with E-state index in [2.05, 4.69) is 10.3 Å². The predicted octanol–water partition coefficient (Wildman–Crippen LogP) is 1.18. The highest BCUT2D eigenvalue weighted by Crippen LogP contribution is 2.15. The van der Waals surface area contributed by atoms with Gasteiger partial charge in [0.05, 0.1) is 19.2 Å². The fraction of sp³-hybridized carbons (Fsp3) is 0.286. The molecule has 0 radical (unpaired) electrons. The summed E-state index contributed by atoms with van der Waals surface area (Å²) in [6.07, 6.45) is 3.36. The monoisotopic (exact) mass is 288 g/mol. The second-order valence-corrected chi connectivity index (χ2v) is 4.44. The van der Waals surface area contributed by atoms with Crippen LogP contribution in [0.2, 0.25) is 0 Å². The van der Waals surface area contributed by atoms with Crippen molar-refractivity contribution in [2.45, 2.75) is 19.4 Å². The van der Waals surface area contributed by atoms with Crippen LogP contribution in [0.5, 0.6) is 0 Å². The van der Waals surface area contributed by atoms with Crippen molar-refractivity contribution in [3.8, 4) is 0 Å². The number of hydrogen-bond acceptors (Lipinski definition) is 4. The Hall–Kier alpha value is -2.70. The molecular weight excluding hydrogens is 272 g/mol. The lowest BCUT2D eigenvalue weighted by Gasteiger charge is -2.22. The summed E-state index contributed by atoms with van der Waals surface area (Å²) in [7, 11) is 0. The molecule has 0 saturated heterocycles. The zero-order chi connectivity index (χ0) is 15.1. The van der Waals surface area contributed by atoms with Crippen LogP contribution >= 0.6 is 0 Å². The normalized spacial score (nSPS) is 10.3. The molecule has 110 valence electrons. The Bertz CT molecular complexity index is 584. The zero-order valence-electron chi connectivity index (χ0n) is 11.4. The average molecular weight is 288 g/mol. The van der Waals surface area contributed by atoms with Crippen LogP contribution in [0.1, 0.15) is 12.8 Å². The van der Waals surface area contributed by atoms with Gasteiger partial charge in [0, 0.05) is 24.8 Å². The van der Waals surface area contributed by atoms with E-state index < -0.39 is 5.97 Å². The Labute approximate surface area is 121 Å². The van der Waals surface area contributed by atoms with E-state index in [0.717, 1.165) is 0 Å². The van der Waals surface area contributed by atoms with Crippen molar-refractivity contribution in [2.75, 3.05) is 11.4 Å². The van der Waals surface area contributed by atoms with Crippen LogP contribution in [0.15, 0.2) is 42.7 Å². The van der Waals surface area contributed by atoms with Crippen molar-refractivity contribution >= 4 is 17.6 Å². The molecule has 0 aliphatic carbocycles. The third-order valence-electron chi connectivity index (χ3n) is 2.94. The quantitative estimate of drug-likeness (QED) is 0.826. The maximum atomic E-state index is 12.3. The minimum atomic E-state index is -0.931. The molecule has 0 bridgehead atoms. The molecule has 1 aromatic carbocycles. The minimum absolute atomic E-state index is 0.0933. The highest BCUT2D eigenvalue weighted by atomic mass is 16.4. The number of carbonyl (C=O) groups is 2. The highest BCUT2D eigenvalue weighted by Gasteiger charge is 2.16. The number of carboxylic acid groups (broad SMARTS) is 1. The van der Waals surface area contributed by atoms with E-state index in [0.29, 0.717) is 12.2 Å². The van der Waals surface area contributed by atoms with E-state index in [1.54, 1.807) is 29.2 Å². The van der Waals surface area contributed by atoms with Gasteiger partial charge < -0.3 is 10.0 Å². The predicted molar refractivity (Wildman–Crippen MR) is 75.7 cm³/mol. The summed E-state index contributed by atoms with van der Waals surface area (Å²) in [6.45, 7) is 0.560. The van der Waals surface area contributed by atoms with Crippen LogP contribution in [0.4, 0.5) is 5.69 Å². The van der Waals surface area contributed by atoms with Gasteiger partial charge in [-0.2, -0.15) is 0 Å². The van der Waals surface area contributed by atoms with Gasteiger partial charge in [-0.15, -0.1) is 5.10 Å². The van der Waals surface area contributed by atoms with Gasteiger partial charge in [0.1, 0.15) is 0 Å². The van der Waals surface area contributed by atoms with Crippen LogP contribution in [-0.2, 0) is 16.1 Å². The molecule has 0 spiro atoms. The second kappa shape index (κ2) is 7.18. The largest absolute Gasteiger partial charge is 0.481 e. The van der Waals surface area contributed by atoms with Crippen molar-refractivity contribution in [1.82, 2.24) is 15.0 Å². The maximum Gasteiger partial charge on any atom is 0.305 e. The van der Waals surface area contributed by atoms with Gasteiger partial charge in [0.15, 0.2) is 0 Å². The third-order valence-corrected chi connectivity index (χ3v) is 2.94. The average Bonchev–Trinajstić information content (AvgIpc) is 2.99. The van der Waals surface area contributed by atoms with Gasteiger partial charge in [0.25, 0.3) is 0 Å². The summed E-state index contributed by atoms with van der Waals surface area (Å²) in [6, 6.07) is 9.05. The van der Waals surface area contributed by atoms with Gasteiger partial charge in [0.2, 0.25) is 5.91 Å². The van der Waals surface area contributed by atoms with Crippen molar-refractivity contribution in [3.05, 3.63) is 42.7 Å². The lowest BCUT2D eigenvalue weighted by molar-refractivity contribution is -0.136. The SMILES string of the molecule is O=C(O)CCN(C(=O)CCn1ccnn1)c1ccccc1. The maximum absolute atomic E-state index is 12.3. The van der Waals surface area contributed by atoms with Gasteiger partial charge in [-0.25, -0.2) is 0 Å². The molecule has 2 rings (SSSR count). The molecule has 1 N–H and O–H groups in total. The number of hydrogen-bond donors (Lipinski definition) is 1. The Morgan fingerprint density at radius 3 is 2.57 bits per heavy atom. The van der Waals surface area contributed by atoms with Crippen molar-refractivity contribution < 1.29 is 14.7 Å². The molecule has 1 amide bonds. The molecule has 1 heterocycles. The van der Waals surface area contributed by atoms with Crippen LogP contribution < -0.4 is 4.90 Å². The van der Waals surface area contributed by atoms with E-state index in [-0.39, 0.29) is 25.3 Å². The fourth-order valence-corrected chi connectivity index (χ4v) is 1.91. The zero-order valence-corrected chi connectivity index (χ0v) is 11.4. The first kappa shape index (κ1) is 14.7. The Morgan fingerprint density at radius 2 is 1.95 bits per heavy atom. The molecule has 0 unspecified atom stereocenters. The van der Waals surface area contributed by atoms with Gasteiger partial charge in [-0.05, 0) is 12.1 Å². The lowest BCUT2D eigenvalue weighted by Crippen LogP contribution is -2.33. The standard InChI is InChI=1S/C14H16N4O3/c19-13(6-9-17-11-8-15-16-17)18(10-7-14(20)21)12-4-2-1-3-5-12/h1-5,8,11H,6-7,9-10H2,(H,20,21). The molecule has 2 aromatic rings. The van der Waals surface area contributed by atoms with Crippen molar-refractivity contribution in [3.63, 3.8) is 0 Å². The molecule has 0 aliphatic rings. The van der Waals surface area contributed by atoms with E-state index in [1.807, 2.05) is 18.2 Å². The first-order valence-corrected chi connectivity index (χ1v) is 6.58. The number of anilines is 1. The Balaban J connectivity index is 2.03. The summed E-state index contributed by atoms with van der Waals surface area (Å²) < 4.78 is 1.57. The number of benzene rings is 1. The van der Waals surface area contributed by atoms with E-state index in [9.17, 15) is 9.59 Å². The molecule has 7 heteroatoms. The van der Waals surface area contributed by atoms with Crippen LogP contribution in [0.3, 0.4) is 0 Å². The van der Waals surface area contributed by atoms with Crippen LogP contribution in [-0.4, -0.2) is 38.5 Å². The number of rotatable bonds is 7. The number of carboxylic acids is 1. The second-order valence-electron chi connectivity index (χ2n) is 4.44. The minimum Gasteiger partial charge on any atom is -0.481 e.